The molecule has 3 aromatic rings. The van der Waals surface area contributed by atoms with E-state index in [9.17, 15) is 17.6 Å². The van der Waals surface area contributed by atoms with E-state index in [1.165, 1.54) is 20.5 Å². The molecule has 0 saturated heterocycles. The average molecular weight is 502 g/mol. The number of sulfonamides is 1. The summed E-state index contributed by atoms with van der Waals surface area (Å²) < 4.78 is 61.6. The Morgan fingerprint density at radius 2 is 1.94 bits per heavy atom. The van der Waals surface area contributed by atoms with Crippen molar-refractivity contribution < 1.29 is 31.8 Å². The van der Waals surface area contributed by atoms with E-state index in [-0.39, 0.29) is 22.3 Å². The number of methoxy groups -OCH3 is 3. The number of hydrogen-bond donors (Lipinski definition) is 0. The summed E-state index contributed by atoms with van der Waals surface area (Å²) in [4.78, 5) is 15.0. The monoisotopic (exact) mass is 501 g/mol. The maximum Gasteiger partial charge on any atom is 0.339 e. The Labute approximate surface area is 192 Å². The van der Waals surface area contributed by atoms with Crippen molar-refractivity contribution >= 4 is 44.3 Å². The van der Waals surface area contributed by atoms with Crippen LogP contribution in [-0.4, -0.2) is 45.1 Å². The molecule has 0 N–H and O–H groups in total. The highest BCUT2D eigenvalue weighted by atomic mass is 35.5. The predicted octanol–water partition coefficient (Wildman–Crippen LogP) is 3.53. The molecule has 0 aliphatic rings. The Kier molecular flexibility index (Phi) is 7.16. The van der Waals surface area contributed by atoms with Gasteiger partial charge in [0.1, 0.15) is 28.5 Å². The number of ether oxygens (including phenoxy) is 3. The minimum atomic E-state index is -4.52. The summed E-state index contributed by atoms with van der Waals surface area (Å²) in [5.41, 5.74) is 0.162. The molecule has 1 aromatic heterocycles. The molecule has 0 amide bonds. The lowest BCUT2D eigenvalue weighted by Crippen LogP contribution is -2.31. The number of aromatic nitrogens is 2. The first-order chi connectivity index (χ1) is 15.2. The van der Waals surface area contributed by atoms with E-state index in [1.54, 1.807) is 18.2 Å². The van der Waals surface area contributed by atoms with E-state index in [1.807, 2.05) is 0 Å². The Morgan fingerprint density at radius 3 is 2.53 bits per heavy atom. The smallest absolute Gasteiger partial charge is 0.339 e. The second-order valence-electron chi connectivity index (χ2n) is 6.17. The van der Waals surface area contributed by atoms with Crippen molar-refractivity contribution in [2.75, 3.05) is 25.6 Å². The van der Waals surface area contributed by atoms with Gasteiger partial charge in [-0.15, -0.1) is 0 Å². The van der Waals surface area contributed by atoms with Crippen LogP contribution in [0.4, 0.5) is 9.52 Å². The van der Waals surface area contributed by atoms with Gasteiger partial charge in [-0.2, -0.15) is 4.37 Å². The van der Waals surface area contributed by atoms with Crippen molar-refractivity contribution in [2.24, 2.45) is 0 Å². The average Bonchev–Trinajstić information content (AvgIpc) is 3.32. The predicted molar refractivity (Wildman–Crippen MR) is 116 cm³/mol. The number of hydrogen-bond acceptors (Lipinski definition) is 9. The number of halogens is 2. The van der Waals surface area contributed by atoms with Gasteiger partial charge in [0, 0.05) is 23.2 Å². The molecule has 170 valence electrons. The summed E-state index contributed by atoms with van der Waals surface area (Å²) in [5.74, 6) is -1.21. The van der Waals surface area contributed by atoms with Gasteiger partial charge in [-0.25, -0.2) is 26.9 Å². The van der Waals surface area contributed by atoms with Crippen molar-refractivity contribution in [3.05, 3.63) is 58.6 Å². The third-order valence-electron chi connectivity index (χ3n) is 4.37. The van der Waals surface area contributed by atoms with Gasteiger partial charge in [-0.3, -0.25) is 0 Å². The third-order valence-corrected chi connectivity index (χ3v) is 7.23. The van der Waals surface area contributed by atoms with Crippen LogP contribution >= 0.6 is 23.1 Å². The van der Waals surface area contributed by atoms with Gasteiger partial charge in [-0.1, -0.05) is 11.6 Å². The van der Waals surface area contributed by atoms with Crippen LogP contribution in [0.1, 0.15) is 15.9 Å². The van der Waals surface area contributed by atoms with E-state index in [2.05, 4.69) is 14.1 Å². The molecular formula is C19H17ClFN3O6S2. The molecule has 3 rings (SSSR count). The SMILES string of the molecule is COC(=O)c1cc(F)c(S(=O)(=O)N(Cc2ccc(OC)cc2OC)c2ncns2)cc1Cl. The van der Waals surface area contributed by atoms with Crippen LogP contribution in [0.3, 0.4) is 0 Å². The van der Waals surface area contributed by atoms with E-state index in [4.69, 9.17) is 21.1 Å². The molecule has 0 atom stereocenters. The maximum atomic E-state index is 14.9. The van der Waals surface area contributed by atoms with Crippen molar-refractivity contribution in [1.82, 2.24) is 9.36 Å². The topological polar surface area (TPSA) is 108 Å². The number of benzene rings is 2. The van der Waals surface area contributed by atoms with Crippen molar-refractivity contribution in [3.63, 3.8) is 0 Å². The number of rotatable bonds is 8. The molecule has 0 saturated carbocycles. The number of carbonyl (C=O) groups is 1. The molecule has 0 spiro atoms. The molecule has 1 heterocycles. The van der Waals surface area contributed by atoms with E-state index in [0.717, 1.165) is 29.0 Å². The van der Waals surface area contributed by atoms with Gasteiger partial charge < -0.3 is 14.2 Å². The van der Waals surface area contributed by atoms with Gasteiger partial charge in [0.15, 0.2) is 0 Å². The first kappa shape index (κ1) is 23.7. The molecule has 9 nitrogen and oxygen atoms in total. The number of nitrogens with zero attached hydrogens (tertiary/aromatic N) is 3. The normalized spacial score (nSPS) is 11.2. The van der Waals surface area contributed by atoms with E-state index >= 15 is 0 Å². The van der Waals surface area contributed by atoms with E-state index in [0.29, 0.717) is 23.1 Å². The Morgan fingerprint density at radius 1 is 1.19 bits per heavy atom. The van der Waals surface area contributed by atoms with Crippen molar-refractivity contribution in [1.29, 1.82) is 0 Å². The molecule has 13 heteroatoms. The van der Waals surface area contributed by atoms with Crippen LogP contribution in [0.15, 0.2) is 41.6 Å². The third kappa shape index (κ3) is 4.61. The van der Waals surface area contributed by atoms with Gasteiger partial charge in [-0.05, 0) is 24.3 Å². The molecule has 2 aromatic carbocycles. The Hall–Kier alpha value is -2.96. The highest BCUT2D eigenvalue weighted by Crippen LogP contribution is 2.33. The lowest BCUT2D eigenvalue weighted by atomic mass is 10.2. The standard InChI is InChI=1S/C19H17ClFN3O6S2/c1-28-12-5-4-11(16(6-12)29-2)9-24(19-22-10-23-31-19)32(26,27)17-8-14(20)13(7-15(17)21)18(25)30-3/h4-8,10H,9H2,1-3H3. The quantitative estimate of drug-likeness (QED) is 0.431. The highest BCUT2D eigenvalue weighted by molar-refractivity contribution is 7.93. The highest BCUT2D eigenvalue weighted by Gasteiger charge is 2.32. The van der Waals surface area contributed by atoms with Crippen LogP contribution in [0.2, 0.25) is 5.02 Å². The number of carbonyl (C=O) groups excluding carboxylic acids is 1. The maximum absolute atomic E-state index is 14.9. The summed E-state index contributed by atoms with van der Waals surface area (Å²) in [6.45, 7) is -0.249. The summed E-state index contributed by atoms with van der Waals surface area (Å²) in [5, 5.41) is -0.286. The largest absolute Gasteiger partial charge is 0.497 e. The van der Waals surface area contributed by atoms with E-state index < -0.39 is 26.7 Å². The van der Waals surface area contributed by atoms with Crippen LogP contribution in [0, 0.1) is 5.82 Å². The molecule has 0 unspecified atom stereocenters. The van der Waals surface area contributed by atoms with Gasteiger partial charge in [0.25, 0.3) is 10.0 Å². The van der Waals surface area contributed by atoms with Gasteiger partial charge in [0.05, 0.1) is 38.5 Å². The van der Waals surface area contributed by atoms with Crippen molar-refractivity contribution in [2.45, 2.75) is 11.4 Å². The second-order valence-corrected chi connectivity index (χ2v) is 9.16. The summed E-state index contributed by atoms with van der Waals surface area (Å²) >= 11 is 6.85. The lowest BCUT2D eigenvalue weighted by Gasteiger charge is -2.23. The first-order valence-corrected chi connectivity index (χ1v) is 11.4. The van der Waals surface area contributed by atoms with Crippen LogP contribution < -0.4 is 13.8 Å². The van der Waals surface area contributed by atoms with Crippen LogP contribution in [0.25, 0.3) is 0 Å². The number of anilines is 1. The number of esters is 1. The van der Waals surface area contributed by atoms with Gasteiger partial charge in [0.2, 0.25) is 5.13 Å². The first-order valence-electron chi connectivity index (χ1n) is 8.80. The zero-order valence-corrected chi connectivity index (χ0v) is 19.4. The molecule has 0 radical (unpaired) electrons. The fourth-order valence-electron chi connectivity index (χ4n) is 2.78. The molecule has 0 bridgehead atoms. The van der Waals surface area contributed by atoms with Crippen LogP contribution in [0.5, 0.6) is 11.5 Å². The summed E-state index contributed by atoms with van der Waals surface area (Å²) in [7, 11) is -0.518. The minimum absolute atomic E-state index is 0.00422. The molecule has 0 aliphatic carbocycles. The zero-order chi connectivity index (χ0) is 23.5. The zero-order valence-electron chi connectivity index (χ0n) is 17.0. The minimum Gasteiger partial charge on any atom is -0.497 e. The molecule has 32 heavy (non-hydrogen) atoms. The summed E-state index contributed by atoms with van der Waals surface area (Å²) in [6.07, 6.45) is 1.18. The molecular weight excluding hydrogens is 485 g/mol. The Balaban J connectivity index is 2.11. The Bertz CT molecular complexity index is 1240. The fraction of sp³-hybridized carbons (Fsp3) is 0.211. The molecule has 0 fully saturated rings. The summed E-state index contributed by atoms with van der Waals surface area (Å²) in [6, 6.07) is 6.41. The second kappa shape index (κ2) is 9.67. The lowest BCUT2D eigenvalue weighted by molar-refractivity contribution is 0.0600. The van der Waals surface area contributed by atoms with Gasteiger partial charge >= 0.3 is 5.97 Å². The fourth-order valence-corrected chi connectivity index (χ4v) is 5.29. The van der Waals surface area contributed by atoms with Crippen LogP contribution in [-0.2, 0) is 21.3 Å². The van der Waals surface area contributed by atoms with Crippen molar-refractivity contribution in [3.8, 4) is 11.5 Å². The molecule has 0 aliphatic heterocycles.